The molecule has 5 rings (SSSR count). The summed E-state index contributed by atoms with van der Waals surface area (Å²) in [6.45, 7) is 0. The van der Waals surface area contributed by atoms with Crippen molar-refractivity contribution in [3.8, 4) is 5.75 Å². The first-order valence-electron chi connectivity index (χ1n) is 10.9. The molecular formula is C25H19ClF4N2O3. The van der Waals surface area contributed by atoms with Gasteiger partial charge in [0.2, 0.25) is 5.91 Å². The Hall–Kier alpha value is -3.17. The lowest BCUT2D eigenvalue weighted by Crippen LogP contribution is -2.50. The number of pyridine rings is 1. The average Bonchev–Trinajstić information content (AvgIpc) is 3.64. The van der Waals surface area contributed by atoms with Gasteiger partial charge in [0.15, 0.2) is 0 Å². The smallest absolute Gasteiger partial charge is 0.409 e. The minimum atomic E-state index is -4.49. The number of rotatable bonds is 6. The second-order valence-electron chi connectivity index (χ2n) is 8.59. The summed E-state index contributed by atoms with van der Waals surface area (Å²) in [4.78, 5) is 17.5. The normalized spacial score (nSPS) is 19.7. The number of ether oxygens (including phenoxy) is 2. The molecular weight excluding hydrogens is 488 g/mol. The summed E-state index contributed by atoms with van der Waals surface area (Å²) < 4.78 is 64.4. The van der Waals surface area contributed by atoms with Crippen molar-refractivity contribution in [2.75, 3.05) is 0 Å². The molecule has 182 valence electrons. The number of carbonyl (C=O) groups excluding carboxylic acids is 1. The Balaban J connectivity index is 1.71. The molecule has 1 amide bonds. The van der Waals surface area contributed by atoms with Crippen LogP contribution in [0.4, 0.5) is 17.6 Å². The number of halogens is 5. The van der Waals surface area contributed by atoms with Gasteiger partial charge in [-0.2, -0.15) is 8.78 Å². The maximum atomic E-state index is 14.6. The van der Waals surface area contributed by atoms with Gasteiger partial charge in [-0.1, -0.05) is 48.0 Å². The Labute approximate surface area is 203 Å². The van der Waals surface area contributed by atoms with Gasteiger partial charge < -0.3 is 10.1 Å². The third-order valence-electron chi connectivity index (χ3n) is 6.02. The van der Waals surface area contributed by atoms with Gasteiger partial charge in [-0.25, -0.2) is 4.74 Å². The fraction of sp³-hybridized carbons (Fsp3) is 0.280. The van der Waals surface area contributed by atoms with Crippen LogP contribution in [0.15, 0.2) is 66.9 Å². The van der Waals surface area contributed by atoms with Crippen molar-refractivity contribution in [1.29, 1.82) is 0 Å². The van der Waals surface area contributed by atoms with Crippen molar-refractivity contribution >= 4 is 17.5 Å². The molecule has 1 aliphatic heterocycles. The molecule has 3 aromatic rings. The molecule has 1 atom stereocenters. The Morgan fingerprint density at radius 1 is 1.09 bits per heavy atom. The van der Waals surface area contributed by atoms with Crippen molar-refractivity contribution in [3.05, 3.63) is 94.3 Å². The van der Waals surface area contributed by atoms with E-state index in [9.17, 15) is 22.4 Å². The number of nitrogens with zero attached hydrogens (tertiary/aromatic N) is 1. The number of benzene rings is 2. The zero-order chi connectivity index (χ0) is 24.8. The lowest BCUT2D eigenvalue weighted by Gasteiger charge is -2.37. The number of alkyl halides is 4. The third-order valence-corrected chi connectivity index (χ3v) is 6.25. The third kappa shape index (κ3) is 4.70. The first kappa shape index (κ1) is 23.6. The molecule has 35 heavy (non-hydrogen) atoms. The van der Waals surface area contributed by atoms with Crippen molar-refractivity contribution in [2.45, 2.75) is 37.2 Å². The molecule has 5 nitrogen and oxygen atoms in total. The summed E-state index contributed by atoms with van der Waals surface area (Å²) in [5, 5.41) is 3.37. The van der Waals surface area contributed by atoms with Crippen molar-refractivity contribution in [2.24, 2.45) is 5.92 Å². The largest absolute Gasteiger partial charge is 0.540 e. The first-order chi connectivity index (χ1) is 16.6. The highest BCUT2D eigenvalue weighted by Gasteiger charge is 2.55. The van der Waals surface area contributed by atoms with E-state index >= 15 is 0 Å². The molecule has 1 aromatic heterocycles. The second-order valence-corrected chi connectivity index (χ2v) is 9.02. The van der Waals surface area contributed by atoms with E-state index in [2.05, 4.69) is 19.8 Å². The minimum absolute atomic E-state index is 0.142. The quantitative estimate of drug-likeness (QED) is 0.432. The number of hydrogen-bond acceptors (Lipinski definition) is 4. The van der Waals surface area contributed by atoms with Gasteiger partial charge in [-0.15, -0.1) is 8.78 Å². The van der Waals surface area contributed by atoms with E-state index in [4.69, 9.17) is 11.6 Å². The van der Waals surface area contributed by atoms with E-state index in [1.165, 1.54) is 12.3 Å². The van der Waals surface area contributed by atoms with Crippen molar-refractivity contribution in [1.82, 2.24) is 10.3 Å². The van der Waals surface area contributed by atoms with Crippen LogP contribution in [0.3, 0.4) is 0 Å². The molecule has 1 fully saturated rings. The van der Waals surface area contributed by atoms with Gasteiger partial charge in [-0.05, 0) is 48.2 Å². The predicted octanol–water partition coefficient (Wildman–Crippen LogP) is 5.76. The molecule has 2 aromatic carbocycles. The van der Waals surface area contributed by atoms with Gasteiger partial charge in [-0.3, -0.25) is 9.78 Å². The Kier molecular flexibility index (Phi) is 5.72. The molecule has 1 aliphatic carbocycles. The average molecular weight is 507 g/mol. The van der Waals surface area contributed by atoms with E-state index < -0.39 is 29.3 Å². The number of carbonyl (C=O) groups is 1. The monoisotopic (exact) mass is 506 g/mol. The first-order valence-corrected chi connectivity index (χ1v) is 11.2. The number of aromatic nitrogens is 1. The lowest BCUT2D eigenvalue weighted by molar-refractivity contribution is -0.461. The SMILES string of the molecule is O=C(NC(Cc1ccccc1)(c1ccc2c(c1)C(F)(F)OC(F)(F)O2)c1ccc(Cl)cn1)C1CC1. The summed E-state index contributed by atoms with van der Waals surface area (Å²) >= 11 is 6.04. The fourth-order valence-corrected chi connectivity index (χ4v) is 4.29. The minimum Gasteiger partial charge on any atom is -0.409 e. The topological polar surface area (TPSA) is 60.5 Å². The van der Waals surface area contributed by atoms with Crippen LogP contribution in [0.1, 0.15) is 35.2 Å². The summed E-state index contributed by atoms with van der Waals surface area (Å²) in [5.41, 5.74) is -0.986. The van der Waals surface area contributed by atoms with Crippen molar-refractivity contribution in [3.63, 3.8) is 0 Å². The van der Waals surface area contributed by atoms with E-state index in [0.717, 1.165) is 17.7 Å². The summed E-state index contributed by atoms with van der Waals surface area (Å²) in [6.07, 6.45) is -5.87. The zero-order valence-electron chi connectivity index (χ0n) is 18.1. The van der Waals surface area contributed by atoms with Crippen LogP contribution in [-0.2, 0) is 27.6 Å². The maximum absolute atomic E-state index is 14.6. The molecule has 2 aliphatic rings. The molecule has 0 spiro atoms. The van der Waals surface area contributed by atoms with Gasteiger partial charge >= 0.3 is 12.4 Å². The Morgan fingerprint density at radius 2 is 1.83 bits per heavy atom. The number of fused-ring (bicyclic) bond motifs is 1. The number of nitrogens with one attached hydrogen (secondary N) is 1. The summed E-state index contributed by atoms with van der Waals surface area (Å²) in [5.74, 6) is -1.19. The highest BCUT2D eigenvalue weighted by molar-refractivity contribution is 6.30. The van der Waals surface area contributed by atoms with Crippen molar-refractivity contribution < 1.29 is 31.8 Å². The number of hydrogen-bond donors (Lipinski definition) is 1. The van der Waals surface area contributed by atoms with E-state index in [1.807, 2.05) is 30.3 Å². The molecule has 1 N–H and O–H groups in total. The maximum Gasteiger partial charge on any atom is 0.540 e. The van der Waals surface area contributed by atoms with Crippen LogP contribution >= 0.6 is 11.6 Å². The molecule has 1 saturated carbocycles. The van der Waals surface area contributed by atoms with E-state index in [-0.39, 0.29) is 23.8 Å². The molecule has 0 radical (unpaired) electrons. The summed E-state index contributed by atoms with van der Waals surface area (Å²) in [6, 6.07) is 15.7. The van der Waals surface area contributed by atoms with Crippen LogP contribution in [0.5, 0.6) is 5.75 Å². The second kappa shape index (κ2) is 8.49. The van der Waals surface area contributed by atoms with Gasteiger partial charge in [0, 0.05) is 18.5 Å². The Morgan fingerprint density at radius 3 is 2.49 bits per heavy atom. The van der Waals surface area contributed by atoms with E-state index in [1.54, 1.807) is 12.1 Å². The van der Waals surface area contributed by atoms with Crippen LogP contribution in [0.2, 0.25) is 5.02 Å². The van der Waals surface area contributed by atoms with Crippen LogP contribution in [-0.4, -0.2) is 17.2 Å². The lowest BCUT2D eigenvalue weighted by atomic mass is 9.79. The van der Waals surface area contributed by atoms with E-state index in [0.29, 0.717) is 23.6 Å². The standard InChI is InChI=1S/C25H19ClF4N2O3/c26-18-9-11-21(31-14-18)23(32-22(33)16-6-7-16,13-15-4-2-1-3-5-15)17-8-10-20-19(12-17)24(27,28)35-25(29,30)34-20/h1-5,8-12,14,16H,6-7,13H2,(H,32,33). The molecule has 10 heteroatoms. The highest BCUT2D eigenvalue weighted by Crippen LogP contribution is 2.48. The molecule has 0 saturated heterocycles. The zero-order valence-corrected chi connectivity index (χ0v) is 18.9. The molecule has 0 bridgehead atoms. The van der Waals surface area contributed by atoms with Crippen LogP contribution in [0.25, 0.3) is 0 Å². The highest BCUT2D eigenvalue weighted by atomic mass is 35.5. The number of amides is 1. The molecule has 1 unspecified atom stereocenters. The van der Waals surface area contributed by atoms with Crippen LogP contribution in [0, 0.1) is 5.92 Å². The van der Waals surface area contributed by atoms with Gasteiger partial charge in [0.25, 0.3) is 0 Å². The fourth-order valence-electron chi connectivity index (χ4n) is 4.17. The summed E-state index contributed by atoms with van der Waals surface area (Å²) in [7, 11) is 0. The predicted molar refractivity (Wildman–Crippen MR) is 118 cm³/mol. The molecule has 2 heterocycles. The Bertz CT molecular complexity index is 1250. The van der Waals surface area contributed by atoms with Gasteiger partial charge in [0.1, 0.15) is 11.3 Å². The van der Waals surface area contributed by atoms with Gasteiger partial charge in [0.05, 0.1) is 16.3 Å². The van der Waals surface area contributed by atoms with Crippen LogP contribution < -0.4 is 10.1 Å².